The largest absolute Gasteiger partial charge is 0.382 e. The molecule has 39 heavy (non-hydrogen) atoms. The van der Waals surface area contributed by atoms with Crippen LogP contribution in [0.3, 0.4) is 0 Å². The fourth-order valence-electron chi connectivity index (χ4n) is 4.17. The predicted octanol–water partition coefficient (Wildman–Crippen LogP) is 3.81. The maximum absolute atomic E-state index is 14.1. The summed E-state index contributed by atoms with van der Waals surface area (Å²) in [5, 5.41) is 3.48. The number of nitrogens with two attached hydrogens (primary N) is 1. The van der Waals surface area contributed by atoms with Crippen molar-refractivity contribution in [2.75, 3.05) is 24.1 Å². The lowest BCUT2D eigenvalue weighted by Crippen LogP contribution is -2.42. The first-order valence-corrected chi connectivity index (χ1v) is 13.9. The summed E-state index contributed by atoms with van der Waals surface area (Å²) in [6.07, 6.45) is 5.69. The topological polar surface area (TPSA) is 136 Å². The molecule has 3 N–H and O–H groups in total. The molecule has 0 atom stereocenters. The number of nitrogen functional groups attached to an aromatic ring is 1. The fraction of sp³-hybridized carbons (Fsp3) is 0.250. The highest BCUT2D eigenvalue weighted by Gasteiger charge is 2.31. The molecule has 1 aliphatic heterocycles. The lowest BCUT2D eigenvalue weighted by molar-refractivity contribution is 0.103. The second-order valence-corrected chi connectivity index (χ2v) is 11.7. The summed E-state index contributed by atoms with van der Waals surface area (Å²) in [6, 6.07) is 6.18. The van der Waals surface area contributed by atoms with Crippen molar-refractivity contribution in [1.82, 2.24) is 23.8 Å². The van der Waals surface area contributed by atoms with Crippen molar-refractivity contribution >= 4 is 50.5 Å². The highest BCUT2D eigenvalue weighted by molar-refractivity contribution is 7.89. The summed E-state index contributed by atoms with van der Waals surface area (Å²) in [5.41, 5.74) is 6.01. The smallest absolute Gasteiger partial charge is 0.244 e. The Hall–Kier alpha value is -3.46. The molecule has 0 amide bonds. The molecule has 4 heterocycles. The minimum Gasteiger partial charge on any atom is -0.382 e. The molecule has 0 saturated carbocycles. The number of sulfonamides is 1. The van der Waals surface area contributed by atoms with Gasteiger partial charge in [-0.3, -0.25) is 9.36 Å². The molecule has 1 aliphatic rings. The summed E-state index contributed by atoms with van der Waals surface area (Å²) in [7, 11) is -3.74. The first-order chi connectivity index (χ1) is 18.1. The number of hydrogen-bond acceptors (Lipinski definition) is 9. The minimum absolute atomic E-state index is 0. The minimum atomic E-state index is -3.74. The van der Waals surface area contributed by atoms with Gasteiger partial charge >= 0.3 is 0 Å². The SMILES string of the molecule is Cc1cn(-c2ccc(S(=O)(=O)N3CCC(Nc4nc(N)c(C(=O)c5c(F)cccc5F)s4)CC3)cn2)cn1.Cl. The first kappa shape index (κ1) is 28.5. The van der Waals surface area contributed by atoms with Gasteiger partial charge in [0.1, 0.15) is 39.4 Å². The van der Waals surface area contributed by atoms with Crippen molar-refractivity contribution in [2.45, 2.75) is 30.7 Å². The van der Waals surface area contributed by atoms with Gasteiger partial charge < -0.3 is 11.1 Å². The maximum atomic E-state index is 14.1. The highest BCUT2D eigenvalue weighted by atomic mass is 35.5. The van der Waals surface area contributed by atoms with Crippen molar-refractivity contribution in [2.24, 2.45) is 0 Å². The van der Waals surface area contributed by atoms with Gasteiger partial charge in [0, 0.05) is 31.5 Å². The van der Waals surface area contributed by atoms with Gasteiger partial charge in [-0.15, -0.1) is 12.4 Å². The number of thiazole rings is 1. The van der Waals surface area contributed by atoms with Crippen LogP contribution in [0, 0.1) is 18.6 Å². The molecule has 10 nitrogen and oxygen atoms in total. The van der Waals surface area contributed by atoms with Gasteiger partial charge in [0.2, 0.25) is 15.8 Å². The van der Waals surface area contributed by atoms with Gasteiger partial charge in [-0.1, -0.05) is 17.4 Å². The molecular formula is C24H24ClF2N7O3S2. The Morgan fingerprint density at radius 1 is 1.13 bits per heavy atom. The van der Waals surface area contributed by atoms with E-state index in [1.165, 1.54) is 22.6 Å². The number of nitrogens with zero attached hydrogens (tertiary/aromatic N) is 5. The third-order valence-electron chi connectivity index (χ3n) is 6.17. The van der Waals surface area contributed by atoms with Gasteiger partial charge in [0.05, 0.1) is 11.3 Å². The van der Waals surface area contributed by atoms with Crippen LogP contribution in [0.2, 0.25) is 0 Å². The van der Waals surface area contributed by atoms with Crippen LogP contribution >= 0.6 is 23.7 Å². The fourth-order valence-corrected chi connectivity index (χ4v) is 6.50. The van der Waals surface area contributed by atoms with Crippen molar-refractivity contribution in [3.8, 4) is 5.82 Å². The van der Waals surface area contributed by atoms with E-state index in [0.717, 1.165) is 29.2 Å². The number of carbonyl (C=O) groups excluding carboxylic acids is 1. The second kappa shape index (κ2) is 11.3. The van der Waals surface area contributed by atoms with E-state index in [2.05, 4.69) is 20.3 Å². The molecule has 0 aliphatic carbocycles. The molecule has 1 fully saturated rings. The number of imidazole rings is 1. The zero-order chi connectivity index (χ0) is 27.0. The predicted molar refractivity (Wildman–Crippen MR) is 145 cm³/mol. The van der Waals surface area contributed by atoms with Gasteiger partial charge in [-0.2, -0.15) is 4.31 Å². The average molecular weight is 596 g/mol. The van der Waals surface area contributed by atoms with E-state index in [4.69, 9.17) is 5.73 Å². The van der Waals surface area contributed by atoms with E-state index in [1.807, 2.05) is 6.92 Å². The average Bonchev–Trinajstić information content (AvgIpc) is 3.49. The first-order valence-electron chi connectivity index (χ1n) is 11.6. The van der Waals surface area contributed by atoms with E-state index < -0.39 is 33.0 Å². The number of aromatic nitrogens is 4. The Labute approximate surface area is 233 Å². The third kappa shape index (κ3) is 5.78. The van der Waals surface area contributed by atoms with Crippen LogP contribution in [-0.2, 0) is 10.0 Å². The monoisotopic (exact) mass is 595 g/mol. The summed E-state index contributed by atoms with van der Waals surface area (Å²) in [4.78, 5) is 25.3. The van der Waals surface area contributed by atoms with E-state index in [9.17, 15) is 22.0 Å². The normalized spacial score (nSPS) is 14.6. The van der Waals surface area contributed by atoms with Crippen molar-refractivity contribution in [3.63, 3.8) is 0 Å². The van der Waals surface area contributed by atoms with Crippen LogP contribution in [0.25, 0.3) is 5.82 Å². The maximum Gasteiger partial charge on any atom is 0.244 e. The molecule has 4 aromatic rings. The zero-order valence-electron chi connectivity index (χ0n) is 20.5. The molecule has 206 valence electrons. The highest BCUT2D eigenvalue weighted by Crippen LogP contribution is 2.31. The van der Waals surface area contributed by atoms with Crippen LogP contribution in [-0.4, -0.2) is 57.2 Å². The zero-order valence-corrected chi connectivity index (χ0v) is 23.0. The Bertz CT molecular complexity index is 1580. The number of nitrogens with one attached hydrogen (secondary N) is 1. The Morgan fingerprint density at radius 2 is 1.82 bits per heavy atom. The lowest BCUT2D eigenvalue weighted by Gasteiger charge is -2.31. The third-order valence-corrected chi connectivity index (χ3v) is 9.05. The number of halogens is 3. The van der Waals surface area contributed by atoms with E-state index >= 15 is 0 Å². The molecule has 5 rings (SSSR count). The van der Waals surface area contributed by atoms with Crippen molar-refractivity contribution in [1.29, 1.82) is 0 Å². The van der Waals surface area contributed by atoms with Crippen LogP contribution in [0.4, 0.5) is 19.7 Å². The number of rotatable bonds is 7. The molecule has 0 radical (unpaired) electrons. The Balaban J connectivity index is 0.00000353. The van der Waals surface area contributed by atoms with Crippen LogP contribution in [0.5, 0.6) is 0 Å². The van der Waals surface area contributed by atoms with Crippen LogP contribution < -0.4 is 11.1 Å². The number of benzene rings is 1. The molecule has 3 aromatic heterocycles. The van der Waals surface area contributed by atoms with E-state index in [-0.39, 0.29) is 47.1 Å². The van der Waals surface area contributed by atoms with Gasteiger partial charge in [-0.25, -0.2) is 32.2 Å². The number of carbonyl (C=O) groups is 1. The number of aryl methyl sites for hydroxylation is 1. The number of hydrogen-bond donors (Lipinski definition) is 2. The van der Waals surface area contributed by atoms with Crippen LogP contribution in [0.15, 0.2) is 53.9 Å². The molecular weight excluding hydrogens is 572 g/mol. The van der Waals surface area contributed by atoms with Crippen LogP contribution in [0.1, 0.15) is 33.8 Å². The van der Waals surface area contributed by atoms with Crippen molar-refractivity contribution in [3.05, 3.63) is 76.8 Å². The van der Waals surface area contributed by atoms with E-state index in [0.29, 0.717) is 23.8 Å². The Morgan fingerprint density at radius 3 is 2.41 bits per heavy atom. The van der Waals surface area contributed by atoms with E-state index in [1.54, 1.807) is 23.2 Å². The molecule has 1 saturated heterocycles. The molecule has 1 aromatic carbocycles. The number of anilines is 2. The second-order valence-electron chi connectivity index (χ2n) is 8.76. The quantitative estimate of drug-likeness (QED) is 0.308. The summed E-state index contributed by atoms with van der Waals surface area (Å²) in [5.74, 6) is -2.41. The lowest BCUT2D eigenvalue weighted by atomic mass is 10.1. The summed E-state index contributed by atoms with van der Waals surface area (Å²) in [6.45, 7) is 2.37. The van der Waals surface area contributed by atoms with Gasteiger partial charge in [0.25, 0.3) is 0 Å². The molecule has 0 unspecified atom stereocenters. The number of piperidine rings is 1. The number of pyridine rings is 1. The standard InChI is InChI=1S/C24H23F2N7O3S2.ClH/c1-14-12-32(13-29-14)19-6-5-16(11-28-19)38(35,36)33-9-7-15(8-10-33)30-24-31-23(27)22(37-24)21(34)20-17(25)3-2-4-18(20)26;/h2-6,11-13,15H,7-10,27H2,1H3,(H,30,31);1H. The molecule has 0 bridgehead atoms. The van der Waals surface area contributed by atoms with Crippen molar-refractivity contribution < 1.29 is 22.0 Å². The Kier molecular flexibility index (Phi) is 8.30. The summed E-state index contributed by atoms with van der Waals surface area (Å²) < 4.78 is 57.5. The van der Waals surface area contributed by atoms with Gasteiger partial charge in [0.15, 0.2) is 5.13 Å². The molecule has 0 spiro atoms. The number of ketones is 1. The van der Waals surface area contributed by atoms with Gasteiger partial charge in [-0.05, 0) is 44.0 Å². The molecule has 15 heteroatoms. The summed E-state index contributed by atoms with van der Waals surface area (Å²) >= 11 is 0.901.